The van der Waals surface area contributed by atoms with Crippen molar-refractivity contribution < 1.29 is 14.7 Å². The summed E-state index contributed by atoms with van der Waals surface area (Å²) in [6.07, 6.45) is 5.11. The Labute approximate surface area is 76.8 Å². The zero-order valence-electron chi connectivity index (χ0n) is 7.49. The fraction of sp³-hybridized carbons (Fsp3) is 0.400. The Morgan fingerprint density at radius 2 is 2.00 bits per heavy atom. The Hall–Kier alpha value is -1.22. The lowest BCUT2D eigenvalue weighted by molar-refractivity contribution is -0.131. The number of carbonyl (C=O) groups is 2. The first-order valence-corrected chi connectivity index (χ1v) is 4.24. The van der Waals surface area contributed by atoms with E-state index >= 15 is 0 Å². The van der Waals surface area contributed by atoms with Crippen LogP contribution >= 0.6 is 0 Å². The average molecular weight is 180 g/mol. The van der Waals surface area contributed by atoms with Gasteiger partial charge in [-0.05, 0) is 37.5 Å². The molecule has 0 unspecified atom stereocenters. The van der Waals surface area contributed by atoms with E-state index in [9.17, 15) is 9.59 Å². The number of ketones is 2. The molecule has 0 aromatic heterocycles. The maximum atomic E-state index is 10.9. The minimum atomic E-state index is -0.471. The van der Waals surface area contributed by atoms with E-state index in [1.165, 1.54) is 12.2 Å². The summed E-state index contributed by atoms with van der Waals surface area (Å²) in [4.78, 5) is 21.7. The van der Waals surface area contributed by atoms with Crippen molar-refractivity contribution >= 4 is 11.6 Å². The molecule has 0 radical (unpaired) electrons. The Morgan fingerprint density at radius 1 is 1.31 bits per heavy atom. The van der Waals surface area contributed by atoms with Crippen molar-refractivity contribution in [3.05, 3.63) is 23.8 Å². The molecule has 1 atom stereocenters. The number of carbonyl (C=O) groups excluding carboxylic acids is 2. The number of aliphatic hydroxyl groups excluding tert-OH is 1. The molecule has 0 saturated heterocycles. The van der Waals surface area contributed by atoms with Crippen LogP contribution in [0.2, 0.25) is 0 Å². The summed E-state index contributed by atoms with van der Waals surface area (Å²) in [6, 6.07) is 0. The van der Waals surface area contributed by atoms with Crippen LogP contribution in [-0.2, 0) is 9.59 Å². The van der Waals surface area contributed by atoms with Gasteiger partial charge in [0.05, 0.1) is 6.10 Å². The average Bonchev–Trinajstić information content (AvgIpc) is 2.07. The number of allylic oxidation sites excluding steroid dienone is 4. The summed E-state index contributed by atoms with van der Waals surface area (Å²) in [7, 11) is 0. The maximum absolute atomic E-state index is 10.9. The Kier molecular flexibility index (Phi) is 3.14. The number of aliphatic hydroxyl groups is 1. The summed E-state index contributed by atoms with van der Waals surface area (Å²) in [5.74, 6) is -0.941. The van der Waals surface area contributed by atoms with Crippen LogP contribution in [0.4, 0.5) is 0 Å². The number of rotatable bonds is 3. The van der Waals surface area contributed by atoms with Gasteiger partial charge in [0.2, 0.25) is 11.6 Å². The first-order chi connectivity index (χ1) is 6.09. The van der Waals surface area contributed by atoms with Crippen molar-refractivity contribution in [2.75, 3.05) is 0 Å². The molecular weight excluding hydrogens is 168 g/mol. The van der Waals surface area contributed by atoms with Crippen LogP contribution in [0, 0.1) is 0 Å². The van der Waals surface area contributed by atoms with Crippen LogP contribution in [0.5, 0.6) is 0 Å². The molecule has 13 heavy (non-hydrogen) atoms. The molecule has 0 spiro atoms. The molecular formula is C10H12O3. The van der Waals surface area contributed by atoms with Crippen molar-refractivity contribution in [3.63, 3.8) is 0 Å². The second kappa shape index (κ2) is 4.14. The third-order valence-electron chi connectivity index (χ3n) is 1.86. The van der Waals surface area contributed by atoms with Crippen LogP contribution in [0.1, 0.15) is 19.8 Å². The third kappa shape index (κ3) is 2.95. The van der Waals surface area contributed by atoms with Crippen molar-refractivity contribution in [3.8, 4) is 0 Å². The molecule has 0 amide bonds. The van der Waals surface area contributed by atoms with E-state index in [-0.39, 0.29) is 6.10 Å². The molecule has 3 nitrogen and oxygen atoms in total. The highest BCUT2D eigenvalue weighted by molar-refractivity contribution is 6.46. The Bertz CT molecular complexity index is 285. The largest absolute Gasteiger partial charge is 0.393 e. The van der Waals surface area contributed by atoms with Gasteiger partial charge in [-0.15, -0.1) is 0 Å². The van der Waals surface area contributed by atoms with Crippen molar-refractivity contribution in [1.82, 2.24) is 0 Å². The first-order valence-electron chi connectivity index (χ1n) is 4.24. The fourth-order valence-electron chi connectivity index (χ4n) is 1.08. The summed E-state index contributed by atoms with van der Waals surface area (Å²) in [5, 5.41) is 9.00. The van der Waals surface area contributed by atoms with Gasteiger partial charge in [-0.1, -0.05) is 6.08 Å². The minimum absolute atomic E-state index is 0.373. The highest BCUT2D eigenvalue weighted by Gasteiger charge is 2.12. The van der Waals surface area contributed by atoms with E-state index in [0.717, 1.165) is 5.57 Å². The molecule has 0 bridgehead atoms. The summed E-state index contributed by atoms with van der Waals surface area (Å²) < 4.78 is 0. The van der Waals surface area contributed by atoms with E-state index in [1.54, 1.807) is 13.0 Å². The molecule has 0 heterocycles. The topological polar surface area (TPSA) is 54.4 Å². The second-order valence-electron chi connectivity index (χ2n) is 3.17. The zero-order valence-corrected chi connectivity index (χ0v) is 7.49. The van der Waals surface area contributed by atoms with E-state index in [4.69, 9.17) is 5.11 Å². The van der Waals surface area contributed by atoms with Gasteiger partial charge in [0, 0.05) is 0 Å². The molecule has 0 aromatic carbocycles. The van der Waals surface area contributed by atoms with Gasteiger partial charge in [0.1, 0.15) is 0 Å². The van der Waals surface area contributed by atoms with Gasteiger partial charge >= 0.3 is 0 Å². The standard InChI is InChI=1S/C10H12O3/c1-7(11)2-3-8-4-5-9(12)10(13)6-8/h4-7,11H,2-3H2,1H3/t7-/m1/s1. The van der Waals surface area contributed by atoms with Gasteiger partial charge in [-0.3, -0.25) is 9.59 Å². The molecule has 1 rings (SSSR count). The molecule has 3 heteroatoms. The molecule has 0 aromatic rings. The monoisotopic (exact) mass is 180 g/mol. The van der Waals surface area contributed by atoms with Crippen LogP contribution in [-0.4, -0.2) is 22.8 Å². The first kappa shape index (κ1) is 9.86. The zero-order chi connectivity index (χ0) is 9.84. The molecule has 0 saturated carbocycles. The van der Waals surface area contributed by atoms with E-state index in [2.05, 4.69) is 0 Å². The van der Waals surface area contributed by atoms with E-state index < -0.39 is 11.6 Å². The lowest BCUT2D eigenvalue weighted by Gasteiger charge is -2.06. The smallest absolute Gasteiger partial charge is 0.225 e. The predicted molar refractivity (Wildman–Crippen MR) is 48.2 cm³/mol. The van der Waals surface area contributed by atoms with Gasteiger partial charge in [0.25, 0.3) is 0 Å². The highest BCUT2D eigenvalue weighted by Crippen LogP contribution is 2.12. The summed E-state index contributed by atoms with van der Waals surface area (Å²) in [5.41, 5.74) is 0.811. The molecule has 0 aliphatic heterocycles. The van der Waals surface area contributed by atoms with E-state index in [0.29, 0.717) is 12.8 Å². The van der Waals surface area contributed by atoms with Crippen molar-refractivity contribution in [1.29, 1.82) is 0 Å². The van der Waals surface area contributed by atoms with Gasteiger partial charge < -0.3 is 5.11 Å². The highest BCUT2D eigenvalue weighted by atomic mass is 16.3. The maximum Gasteiger partial charge on any atom is 0.225 e. The third-order valence-corrected chi connectivity index (χ3v) is 1.86. The molecule has 1 aliphatic carbocycles. The summed E-state index contributed by atoms with van der Waals surface area (Å²) >= 11 is 0. The number of hydrogen-bond acceptors (Lipinski definition) is 3. The van der Waals surface area contributed by atoms with Crippen LogP contribution in [0.25, 0.3) is 0 Å². The number of hydrogen-bond donors (Lipinski definition) is 1. The van der Waals surface area contributed by atoms with Crippen LogP contribution in [0.3, 0.4) is 0 Å². The molecule has 70 valence electrons. The van der Waals surface area contributed by atoms with Crippen molar-refractivity contribution in [2.45, 2.75) is 25.9 Å². The van der Waals surface area contributed by atoms with E-state index in [1.807, 2.05) is 0 Å². The Morgan fingerprint density at radius 3 is 2.54 bits per heavy atom. The molecule has 0 fully saturated rings. The molecule has 1 N–H and O–H groups in total. The van der Waals surface area contributed by atoms with Gasteiger partial charge in [-0.2, -0.15) is 0 Å². The lowest BCUT2D eigenvalue weighted by atomic mass is 10.00. The quantitative estimate of drug-likeness (QED) is 0.516. The predicted octanol–water partition coefficient (Wildman–Crippen LogP) is 0.782. The van der Waals surface area contributed by atoms with Crippen LogP contribution < -0.4 is 0 Å². The van der Waals surface area contributed by atoms with Gasteiger partial charge in [0.15, 0.2) is 0 Å². The molecule has 1 aliphatic rings. The SMILES string of the molecule is C[C@@H](O)CCC1=CC(=O)C(=O)C=C1. The lowest BCUT2D eigenvalue weighted by Crippen LogP contribution is -2.12. The summed E-state index contributed by atoms with van der Waals surface area (Å²) in [6.45, 7) is 1.69. The fourth-order valence-corrected chi connectivity index (χ4v) is 1.08. The normalized spacial score (nSPS) is 18.8. The van der Waals surface area contributed by atoms with Gasteiger partial charge in [-0.25, -0.2) is 0 Å². The second-order valence-corrected chi connectivity index (χ2v) is 3.17. The van der Waals surface area contributed by atoms with Crippen LogP contribution in [0.15, 0.2) is 23.8 Å². The van der Waals surface area contributed by atoms with Crippen molar-refractivity contribution in [2.24, 2.45) is 0 Å². The Balaban J connectivity index is 2.53. The minimum Gasteiger partial charge on any atom is -0.393 e.